The second kappa shape index (κ2) is 26.4. The number of hydrogen-bond donors (Lipinski definition) is 0. The van der Waals surface area contributed by atoms with E-state index in [1.807, 2.05) is 60.7 Å². The molecule has 380 valence electrons. The number of fused-ring (bicyclic) bond motifs is 4. The Morgan fingerprint density at radius 1 is 0.360 bits per heavy atom. The molecule has 0 aliphatic carbocycles. The maximum absolute atomic E-state index is 12.3. The lowest BCUT2D eigenvalue weighted by atomic mass is 9.87. The first-order valence-corrected chi connectivity index (χ1v) is 26.6. The average Bonchev–Trinajstić information content (AvgIpc) is 3.48. The molecule has 0 unspecified atom stereocenters. The maximum Gasteiger partial charge on any atom is 0.330 e. The molecule has 0 heterocycles. The van der Waals surface area contributed by atoms with Gasteiger partial charge >= 0.3 is 23.9 Å². The van der Waals surface area contributed by atoms with Crippen LogP contribution in [-0.4, -0.2) is 50.3 Å². The lowest BCUT2D eigenvalue weighted by Crippen LogP contribution is -2.07. The van der Waals surface area contributed by atoms with Gasteiger partial charge in [0.15, 0.2) is 0 Å². The zero-order chi connectivity index (χ0) is 52.5. The molecule has 0 aliphatic heterocycles. The van der Waals surface area contributed by atoms with Gasteiger partial charge in [-0.1, -0.05) is 147 Å². The molecule has 75 heavy (non-hydrogen) atoms. The molecule has 0 fully saturated rings. The summed E-state index contributed by atoms with van der Waals surface area (Å²) in [5.41, 5.74) is 4.22. The Labute approximate surface area is 446 Å². The van der Waals surface area contributed by atoms with Gasteiger partial charge in [-0.05, 0) is 142 Å². The number of ether oxygens (including phenoxy) is 5. The van der Waals surface area contributed by atoms with Crippen molar-refractivity contribution < 1.29 is 42.9 Å². The molecule has 8 rings (SSSR count). The van der Waals surface area contributed by atoms with E-state index in [1.54, 1.807) is 23.5 Å². The quantitative estimate of drug-likeness (QED) is 0.0170. The van der Waals surface area contributed by atoms with Crippen molar-refractivity contribution in [3.8, 4) is 11.5 Å². The van der Waals surface area contributed by atoms with E-state index in [-0.39, 0.29) is 26.4 Å². The van der Waals surface area contributed by atoms with Crippen LogP contribution in [0.3, 0.4) is 0 Å². The van der Waals surface area contributed by atoms with E-state index in [0.29, 0.717) is 62.9 Å². The Bertz CT molecular complexity index is 3190. The summed E-state index contributed by atoms with van der Waals surface area (Å²) in [5, 5.41) is 7.98. The standard InChI is InChI=1S/C64H58O9S2/c1-5-57(65)69-39-19-31-49-45-27-15-17-29-47(45)51(33-21-41-71-59(67)7-3)61-53(49)35-37-55(74-43-23-11-9-12-24-43)63(61)73-64-56(75-44-25-13-10-14-26-44)38-36-54-50(32-20-40-70-58(66)6-2)46-28-16-18-30-48(46)52(62(54)64)34-22-42-72-60(68)8-4/h5-18,23-30,35-38H,1-4,19-22,31-34,39-42H2. The fourth-order valence-electron chi connectivity index (χ4n) is 9.48. The second-order valence-electron chi connectivity index (χ2n) is 17.5. The number of carbonyl (C=O) groups is 4. The van der Waals surface area contributed by atoms with Crippen molar-refractivity contribution in [2.75, 3.05) is 26.4 Å². The van der Waals surface area contributed by atoms with Crippen molar-refractivity contribution in [3.05, 3.63) is 206 Å². The Morgan fingerprint density at radius 3 is 0.973 bits per heavy atom. The predicted octanol–water partition coefficient (Wildman–Crippen LogP) is 15.0. The van der Waals surface area contributed by atoms with Gasteiger partial charge < -0.3 is 23.7 Å². The Hall–Kier alpha value is -7.86. The van der Waals surface area contributed by atoms with Crippen molar-refractivity contribution in [2.24, 2.45) is 0 Å². The molecule has 0 aliphatic rings. The van der Waals surface area contributed by atoms with Crippen LogP contribution in [0.1, 0.15) is 47.9 Å². The largest absolute Gasteiger partial charge is 0.463 e. The lowest BCUT2D eigenvalue weighted by molar-refractivity contribution is -0.138. The highest BCUT2D eigenvalue weighted by molar-refractivity contribution is 7.99. The van der Waals surface area contributed by atoms with Gasteiger partial charge in [0.1, 0.15) is 11.5 Å². The number of aryl methyl sites for hydroxylation is 4. The van der Waals surface area contributed by atoms with Gasteiger partial charge in [-0.15, -0.1) is 0 Å². The van der Waals surface area contributed by atoms with Crippen molar-refractivity contribution >= 4 is 90.5 Å². The first-order valence-electron chi connectivity index (χ1n) is 25.0. The zero-order valence-corrected chi connectivity index (χ0v) is 43.4. The normalized spacial score (nSPS) is 11.0. The topological polar surface area (TPSA) is 114 Å². The summed E-state index contributed by atoms with van der Waals surface area (Å²) >= 11 is 3.22. The summed E-state index contributed by atoms with van der Waals surface area (Å²) < 4.78 is 30.1. The van der Waals surface area contributed by atoms with Crippen LogP contribution in [0.15, 0.2) is 204 Å². The summed E-state index contributed by atoms with van der Waals surface area (Å²) in [6.07, 6.45) is 9.11. The number of benzene rings is 8. The molecule has 0 radical (unpaired) electrons. The van der Waals surface area contributed by atoms with E-state index in [1.165, 1.54) is 24.3 Å². The van der Waals surface area contributed by atoms with E-state index in [0.717, 1.165) is 84.9 Å². The predicted molar refractivity (Wildman–Crippen MR) is 302 cm³/mol. The summed E-state index contributed by atoms with van der Waals surface area (Å²) in [4.78, 5) is 52.9. The van der Waals surface area contributed by atoms with Gasteiger partial charge in [0, 0.05) is 44.9 Å². The van der Waals surface area contributed by atoms with Crippen LogP contribution in [-0.2, 0) is 63.8 Å². The molecule has 8 aromatic rings. The minimum Gasteiger partial charge on any atom is -0.463 e. The van der Waals surface area contributed by atoms with Crippen molar-refractivity contribution in [1.29, 1.82) is 0 Å². The molecule has 0 saturated heterocycles. The third-order valence-corrected chi connectivity index (χ3v) is 14.8. The third-order valence-electron chi connectivity index (χ3n) is 12.7. The summed E-state index contributed by atoms with van der Waals surface area (Å²) in [6.45, 7) is 15.1. The van der Waals surface area contributed by atoms with Crippen molar-refractivity contribution in [2.45, 2.75) is 70.9 Å². The SMILES string of the molecule is C=CC(=O)OCCCc1c2ccccc2c(CCCOC(=O)C=C)c2c(Oc3c(Sc4ccccc4)ccc4c(CCCOC(=O)C=C)c5ccccc5c(CCCOC(=O)C=C)c34)c(Sc3ccccc3)ccc12. The van der Waals surface area contributed by atoms with E-state index >= 15 is 0 Å². The third kappa shape index (κ3) is 13.1. The molecular weight excluding hydrogens is 977 g/mol. The molecule has 0 spiro atoms. The van der Waals surface area contributed by atoms with E-state index in [4.69, 9.17) is 23.7 Å². The van der Waals surface area contributed by atoms with Crippen molar-refractivity contribution in [3.63, 3.8) is 0 Å². The number of hydrogen-bond acceptors (Lipinski definition) is 11. The average molecular weight is 1040 g/mol. The molecule has 9 nitrogen and oxygen atoms in total. The molecule has 0 N–H and O–H groups in total. The minimum atomic E-state index is -0.485. The van der Waals surface area contributed by atoms with Crippen LogP contribution in [0.4, 0.5) is 0 Å². The number of rotatable bonds is 26. The first-order chi connectivity index (χ1) is 36.7. The molecule has 0 bridgehead atoms. The van der Waals surface area contributed by atoms with Gasteiger partial charge in [-0.3, -0.25) is 0 Å². The molecule has 0 saturated carbocycles. The Morgan fingerprint density at radius 2 is 0.653 bits per heavy atom. The van der Waals surface area contributed by atoms with Crippen LogP contribution in [0, 0.1) is 0 Å². The monoisotopic (exact) mass is 1030 g/mol. The zero-order valence-electron chi connectivity index (χ0n) is 41.8. The summed E-state index contributed by atoms with van der Waals surface area (Å²) in [7, 11) is 0. The van der Waals surface area contributed by atoms with Gasteiger partial charge in [-0.25, -0.2) is 19.2 Å². The van der Waals surface area contributed by atoms with Crippen LogP contribution in [0.25, 0.3) is 43.1 Å². The molecular formula is C64H58O9S2. The molecule has 8 aromatic carbocycles. The van der Waals surface area contributed by atoms with Gasteiger partial charge in [0.25, 0.3) is 0 Å². The van der Waals surface area contributed by atoms with E-state index in [9.17, 15) is 19.2 Å². The fourth-order valence-corrected chi connectivity index (χ4v) is 11.3. The van der Waals surface area contributed by atoms with Crippen LogP contribution >= 0.6 is 23.5 Å². The highest BCUT2D eigenvalue weighted by Gasteiger charge is 2.26. The fraction of sp³-hybridized carbons (Fsp3) is 0.188. The Kier molecular flexibility index (Phi) is 18.8. The minimum absolute atomic E-state index is 0.182. The van der Waals surface area contributed by atoms with Crippen molar-refractivity contribution in [1.82, 2.24) is 0 Å². The number of carbonyl (C=O) groups excluding carboxylic acids is 4. The van der Waals surface area contributed by atoms with Crippen LogP contribution in [0.2, 0.25) is 0 Å². The maximum atomic E-state index is 12.3. The second-order valence-corrected chi connectivity index (χ2v) is 19.7. The highest BCUT2D eigenvalue weighted by atomic mass is 32.2. The van der Waals surface area contributed by atoms with Gasteiger partial charge in [0.2, 0.25) is 0 Å². The molecule has 0 aromatic heterocycles. The summed E-state index contributed by atoms with van der Waals surface area (Å²) in [6, 6.07) is 45.7. The van der Waals surface area contributed by atoms with Gasteiger partial charge in [-0.2, -0.15) is 0 Å². The number of esters is 4. The highest BCUT2D eigenvalue weighted by Crippen LogP contribution is 2.52. The molecule has 0 atom stereocenters. The van der Waals surface area contributed by atoms with Crippen LogP contribution < -0.4 is 4.74 Å². The Balaban J connectivity index is 1.45. The molecule has 11 heteroatoms. The smallest absolute Gasteiger partial charge is 0.330 e. The first kappa shape index (κ1) is 53.4. The lowest BCUT2D eigenvalue weighted by Gasteiger charge is -2.25. The molecule has 0 amide bonds. The van der Waals surface area contributed by atoms with Crippen LogP contribution in [0.5, 0.6) is 11.5 Å². The summed E-state index contributed by atoms with van der Waals surface area (Å²) in [5.74, 6) is -0.603. The van der Waals surface area contributed by atoms with E-state index in [2.05, 4.69) is 99.1 Å². The van der Waals surface area contributed by atoms with E-state index < -0.39 is 23.9 Å². The van der Waals surface area contributed by atoms with Gasteiger partial charge in [0.05, 0.1) is 36.2 Å².